The zero-order valence-corrected chi connectivity index (χ0v) is 8.27. The van der Waals surface area contributed by atoms with Gasteiger partial charge in [0.25, 0.3) is 0 Å². The molecule has 0 spiro atoms. The summed E-state index contributed by atoms with van der Waals surface area (Å²) in [5.74, 6) is 0.959. The molecular formula is C9H15N3O2. The van der Waals surface area contributed by atoms with Crippen LogP contribution in [0.2, 0.25) is 0 Å². The Hall–Kier alpha value is -1.20. The second-order valence-corrected chi connectivity index (χ2v) is 2.82. The molecule has 0 fully saturated rings. The van der Waals surface area contributed by atoms with Crippen molar-refractivity contribution < 1.29 is 9.26 Å². The van der Waals surface area contributed by atoms with Crippen molar-refractivity contribution in [2.45, 2.75) is 26.0 Å². The third-order valence-corrected chi connectivity index (χ3v) is 1.66. The minimum atomic E-state index is -0.268. The standard InChI is InChI=1S/C9H15N3O2/c1-3-5-7(10)9-11-8(12-14-9)6-13-4-2/h3,7H,1,4-6,10H2,2H3. The van der Waals surface area contributed by atoms with Gasteiger partial charge in [-0.05, 0) is 13.3 Å². The van der Waals surface area contributed by atoms with Crippen LogP contribution < -0.4 is 5.73 Å². The summed E-state index contributed by atoms with van der Waals surface area (Å²) >= 11 is 0. The second-order valence-electron chi connectivity index (χ2n) is 2.82. The van der Waals surface area contributed by atoms with Gasteiger partial charge >= 0.3 is 0 Å². The van der Waals surface area contributed by atoms with Crippen LogP contribution in [-0.2, 0) is 11.3 Å². The van der Waals surface area contributed by atoms with Gasteiger partial charge in [0.2, 0.25) is 5.89 Å². The Morgan fingerprint density at radius 3 is 3.14 bits per heavy atom. The third-order valence-electron chi connectivity index (χ3n) is 1.66. The van der Waals surface area contributed by atoms with Crippen LogP contribution in [-0.4, -0.2) is 16.7 Å². The van der Waals surface area contributed by atoms with E-state index in [1.54, 1.807) is 6.08 Å². The Labute approximate surface area is 82.9 Å². The van der Waals surface area contributed by atoms with E-state index in [0.717, 1.165) is 0 Å². The molecule has 5 heteroatoms. The fourth-order valence-corrected chi connectivity index (χ4v) is 0.950. The summed E-state index contributed by atoms with van der Waals surface area (Å²) in [6, 6.07) is -0.268. The lowest BCUT2D eigenvalue weighted by Crippen LogP contribution is -2.09. The fraction of sp³-hybridized carbons (Fsp3) is 0.556. The van der Waals surface area contributed by atoms with Crippen molar-refractivity contribution in [1.82, 2.24) is 10.1 Å². The van der Waals surface area contributed by atoms with Crippen LogP contribution >= 0.6 is 0 Å². The maximum atomic E-state index is 5.74. The molecule has 1 heterocycles. The average molecular weight is 197 g/mol. The van der Waals surface area contributed by atoms with Gasteiger partial charge in [-0.3, -0.25) is 0 Å². The van der Waals surface area contributed by atoms with E-state index in [9.17, 15) is 0 Å². The van der Waals surface area contributed by atoms with Crippen molar-refractivity contribution in [2.75, 3.05) is 6.61 Å². The summed E-state index contributed by atoms with van der Waals surface area (Å²) in [6.45, 7) is 6.48. The first-order valence-corrected chi connectivity index (χ1v) is 4.54. The molecule has 0 radical (unpaired) electrons. The van der Waals surface area contributed by atoms with Gasteiger partial charge in [0.05, 0.1) is 6.04 Å². The zero-order valence-electron chi connectivity index (χ0n) is 8.27. The Morgan fingerprint density at radius 2 is 2.50 bits per heavy atom. The molecule has 1 aromatic rings. The lowest BCUT2D eigenvalue weighted by atomic mass is 10.2. The monoisotopic (exact) mass is 197 g/mol. The zero-order chi connectivity index (χ0) is 10.4. The number of nitrogens with zero attached hydrogens (tertiary/aromatic N) is 2. The summed E-state index contributed by atoms with van der Waals surface area (Å²) in [4.78, 5) is 4.09. The minimum absolute atomic E-state index is 0.268. The number of hydrogen-bond acceptors (Lipinski definition) is 5. The Balaban J connectivity index is 2.53. The van der Waals surface area contributed by atoms with E-state index in [4.69, 9.17) is 15.0 Å². The van der Waals surface area contributed by atoms with Crippen LogP contribution in [0.15, 0.2) is 17.2 Å². The summed E-state index contributed by atoms with van der Waals surface area (Å²) in [7, 11) is 0. The number of rotatable bonds is 6. The van der Waals surface area contributed by atoms with Crippen LogP contribution in [0.5, 0.6) is 0 Å². The smallest absolute Gasteiger partial charge is 0.243 e. The molecule has 0 aliphatic heterocycles. The normalized spacial score (nSPS) is 12.7. The van der Waals surface area contributed by atoms with E-state index in [-0.39, 0.29) is 6.04 Å². The Morgan fingerprint density at radius 1 is 1.71 bits per heavy atom. The second kappa shape index (κ2) is 5.51. The van der Waals surface area contributed by atoms with Gasteiger partial charge in [-0.1, -0.05) is 11.2 Å². The lowest BCUT2D eigenvalue weighted by molar-refractivity contribution is 0.126. The molecule has 1 unspecified atom stereocenters. The fourth-order valence-electron chi connectivity index (χ4n) is 0.950. The van der Waals surface area contributed by atoms with Crippen LogP contribution in [0.1, 0.15) is 31.1 Å². The van der Waals surface area contributed by atoms with E-state index >= 15 is 0 Å². The molecular weight excluding hydrogens is 182 g/mol. The van der Waals surface area contributed by atoms with Crippen LogP contribution in [0.4, 0.5) is 0 Å². The molecule has 0 aliphatic carbocycles. The predicted molar refractivity (Wildman–Crippen MR) is 51.4 cm³/mol. The first-order chi connectivity index (χ1) is 6.77. The van der Waals surface area contributed by atoms with Crippen molar-refractivity contribution in [3.8, 4) is 0 Å². The van der Waals surface area contributed by atoms with Gasteiger partial charge in [0.15, 0.2) is 5.82 Å². The molecule has 1 atom stereocenters. The predicted octanol–water partition coefficient (Wildman–Crippen LogP) is 1.18. The van der Waals surface area contributed by atoms with E-state index in [2.05, 4.69) is 16.7 Å². The number of hydrogen-bond donors (Lipinski definition) is 1. The Kier molecular flexibility index (Phi) is 4.28. The summed E-state index contributed by atoms with van der Waals surface area (Å²) in [6.07, 6.45) is 2.34. The lowest BCUT2D eigenvalue weighted by Gasteiger charge is -2.00. The van der Waals surface area contributed by atoms with Gasteiger partial charge in [-0.2, -0.15) is 4.98 Å². The minimum Gasteiger partial charge on any atom is -0.374 e. The molecule has 0 saturated heterocycles. The largest absolute Gasteiger partial charge is 0.374 e. The highest BCUT2D eigenvalue weighted by Crippen LogP contribution is 2.11. The molecule has 0 bridgehead atoms. The molecule has 5 nitrogen and oxygen atoms in total. The third kappa shape index (κ3) is 2.93. The van der Waals surface area contributed by atoms with Crippen molar-refractivity contribution in [1.29, 1.82) is 0 Å². The first-order valence-electron chi connectivity index (χ1n) is 4.54. The number of aromatic nitrogens is 2. The van der Waals surface area contributed by atoms with Crippen LogP contribution in [0, 0.1) is 0 Å². The highest BCUT2D eigenvalue weighted by molar-refractivity contribution is 4.93. The number of nitrogens with two attached hydrogens (primary N) is 1. The van der Waals surface area contributed by atoms with Crippen LogP contribution in [0.25, 0.3) is 0 Å². The van der Waals surface area contributed by atoms with E-state index in [1.165, 1.54) is 0 Å². The van der Waals surface area contributed by atoms with Crippen molar-refractivity contribution in [3.05, 3.63) is 24.4 Å². The number of ether oxygens (including phenoxy) is 1. The molecule has 14 heavy (non-hydrogen) atoms. The van der Waals surface area contributed by atoms with Gasteiger partial charge in [0, 0.05) is 6.61 Å². The van der Waals surface area contributed by atoms with Gasteiger partial charge < -0.3 is 15.0 Å². The Bertz CT molecular complexity index is 285. The molecule has 0 saturated carbocycles. The van der Waals surface area contributed by atoms with Gasteiger partial charge in [0.1, 0.15) is 6.61 Å². The molecule has 2 N–H and O–H groups in total. The maximum absolute atomic E-state index is 5.74. The molecule has 0 amide bonds. The van der Waals surface area contributed by atoms with E-state index in [1.807, 2.05) is 6.92 Å². The average Bonchev–Trinajstić information content (AvgIpc) is 2.63. The van der Waals surface area contributed by atoms with Gasteiger partial charge in [-0.25, -0.2) is 0 Å². The topological polar surface area (TPSA) is 74.2 Å². The summed E-state index contributed by atoms with van der Waals surface area (Å²) in [5, 5.41) is 3.73. The highest BCUT2D eigenvalue weighted by Gasteiger charge is 2.12. The molecule has 0 aromatic carbocycles. The van der Waals surface area contributed by atoms with E-state index < -0.39 is 0 Å². The molecule has 1 rings (SSSR count). The van der Waals surface area contributed by atoms with Crippen LogP contribution in [0.3, 0.4) is 0 Å². The van der Waals surface area contributed by atoms with Gasteiger partial charge in [-0.15, -0.1) is 6.58 Å². The van der Waals surface area contributed by atoms with Crippen molar-refractivity contribution in [2.24, 2.45) is 5.73 Å². The first kappa shape index (κ1) is 10.9. The SMILES string of the molecule is C=CCC(N)c1nc(COCC)no1. The summed E-state index contributed by atoms with van der Waals surface area (Å²) in [5.41, 5.74) is 5.74. The van der Waals surface area contributed by atoms with Crippen molar-refractivity contribution in [3.63, 3.8) is 0 Å². The van der Waals surface area contributed by atoms with E-state index in [0.29, 0.717) is 31.3 Å². The quantitative estimate of drug-likeness (QED) is 0.693. The highest BCUT2D eigenvalue weighted by atomic mass is 16.5. The summed E-state index contributed by atoms with van der Waals surface area (Å²) < 4.78 is 10.1. The molecule has 0 aliphatic rings. The van der Waals surface area contributed by atoms with Crippen molar-refractivity contribution >= 4 is 0 Å². The maximum Gasteiger partial charge on any atom is 0.243 e. The molecule has 78 valence electrons. The molecule has 1 aromatic heterocycles.